The number of nitrogens with zero attached hydrogens (tertiary/aromatic N) is 1. The Hall–Kier alpha value is -3.70. The molecule has 1 atom stereocenters. The molecule has 0 aliphatic carbocycles. The van der Waals surface area contributed by atoms with Crippen LogP contribution < -0.4 is 20.3 Å². The Labute approximate surface area is 189 Å². The molecular formula is C24H21N3O4S. The molecule has 0 saturated heterocycles. The van der Waals surface area contributed by atoms with Crippen LogP contribution in [0.3, 0.4) is 0 Å². The molecule has 3 aromatic rings. The fourth-order valence-electron chi connectivity index (χ4n) is 3.57. The maximum absolute atomic E-state index is 13.0. The minimum absolute atomic E-state index is 0.109. The van der Waals surface area contributed by atoms with E-state index in [2.05, 4.69) is 21.2 Å². The number of hydrogen-bond donors (Lipinski definition) is 2. The highest BCUT2D eigenvalue weighted by Gasteiger charge is 2.31. The van der Waals surface area contributed by atoms with Gasteiger partial charge in [-0.25, -0.2) is 4.98 Å². The van der Waals surface area contributed by atoms with Gasteiger partial charge >= 0.3 is 0 Å². The quantitative estimate of drug-likeness (QED) is 0.327. The summed E-state index contributed by atoms with van der Waals surface area (Å²) in [7, 11) is 1.52. The molecule has 1 aliphatic heterocycles. The van der Waals surface area contributed by atoms with Crippen LogP contribution in [0.25, 0.3) is 0 Å². The molecule has 0 bridgehead atoms. The minimum atomic E-state index is -0.459. The third kappa shape index (κ3) is 4.63. The summed E-state index contributed by atoms with van der Waals surface area (Å²) in [6.07, 6.45) is 5.39. The predicted molar refractivity (Wildman–Crippen MR) is 123 cm³/mol. The first-order valence-corrected chi connectivity index (χ1v) is 10.9. The molecule has 0 spiro atoms. The molecule has 162 valence electrons. The molecule has 0 unspecified atom stereocenters. The number of carbonyl (C=O) groups excluding carboxylic acids is 1. The Kier molecular flexibility index (Phi) is 6.47. The van der Waals surface area contributed by atoms with Crippen molar-refractivity contribution < 1.29 is 14.3 Å². The van der Waals surface area contributed by atoms with Crippen molar-refractivity contribution >= 4 is 23.5 Å². The summed E-state index contributed by atoms with van der Waals surface area (Å²) in [5.41, 5.74) is 2.01. The molecule has 4 rings (SSSR count). The third-order valence-electron chi connectivity index (χ3n) is 5.05. The lowest BCUT2D eigenvalue weighted by atomic mass is 9.86. The summed E-state index contributed by atoms with van der Waals surface area (Å²) in [6, 6.07) is 15.2. The van der Waals surface area contributed by atoms with E-state index in [-0.39, 0.29) is 30.3 Å². The van der Waals surface area contributed by atoms with Gasteiger partial charge in [-0.05, 0) is 23.3 Å². The summed E-state index contributed by atoms with van der Waals surface area (Å²) in [6.45, 7) is 0.109. The fraction of sp³-hybridized carbons (Fsp3) is 0.208. The van der Waals surface area contributed by atoms with Gasteiger partial charge in [0.15, 0.2) is 16.7 Å². The largest absolute Gasteiger partial charge is 0.493 e. The van der Waals surface area contributed by atoms with E-state index in [4.69, 9.17) is 15.9 Å². The standard InChI is InChI=1S/C24H21N3O4S/c1-3-11-31-18-10-9-16(12-19(18)30-2)17-13-20(28)25-22-21(17)23(29)27-24(26-22)32-14-15-7-5-4-6-8-15/h1,4-10,12,17H,11,13-14H2,2H3,(H2,25,26,27,28,29)/t17-/m0/s1. The maximum Gasteiger partial charge on any atom is 0.257 e. The lowest BCUT2D eigenvalue weighted by molar-refractivity contribution is -0.116. The van der Waals surface area contributed by atoms with Gasteiger partial charge in [0.25, 0.3) is 5.56 Å². The zero-order chi connectivity index (χ0) is 22.5. The second-order valence-electron chi connectivity index (χ2n) is 7.12. The van der Waals surface area contributed by atoms with Crippen molar-refractivity contribution in [1.82, 2.24) is 9.97 Å². The molecule has 7 nitrogen and oxygen atoms in total. The number of anilines is 1. The van der Waals surface area contributed by atoms with Crippen LogP contribution in [0.15, 0.2) is 58.5 Å². The number of rotatable bonds is 7. The number of methoxy groups -OCH3 is 1. The molecule has 1 aromatic heterocycles. The van der Waals surface area contributed by atoms with E-state index in [9.17, 15) is 9.59 Å². The van der Waals surface area contributed by atoms with E-state index in [0.29, 0.717) is 28.0 Å². The van der Waals surface area contributed by atoms with E-state index in [0.717, 1.165) is 11.1 Å². The van der Waals surface area contributed by atoms with Crippen molar-refractivity contribution in [3.63, 3.8) is 0 Å². The zero-order valence-electron chi connectivity index (χ0n) is 17.4. The Balaban J connectivity index is 1.65. The monoisotopic (exact) mass is 447 g/mol. The number of thioether (sulfide) groups is 1. The van der Waals surface area contributed by atoms with Crippen LogP contribution in [0.5, 0.6) is 11.5 Å². The predicted octanol–water partition coefficient (Wildman–Crippen LogP) is 3.56. The van der Waals surface area contributed by atoms with E-state index in [1.807, 2.05) is 30.3 Å². The SMILES string of the molecule is C#CCOc1ccc([C@@H]2CC(=O)Nc3nc(SCc4ccccc4)[nH]c(=O)c32)cc1OC. The minimum Gasteiger partial charge on any atom is -0.493 e. The number of aromatic nitrogens is 2. The first-order chi connectivity index (χ1) is 15.6. The van der Waals surface area contributed by atoms with Gasteiger partial charge in [0.05, 0.1) is 12.7 Å². The molecule has 1 aliphatic rings. The summed E-state index contributed by atoms with van der Waals surface area (Å²) in [5, 5.41) is 3.20. The summed E-state index contributed by atoms with van der Waals surface area (Å²) in [5.74, 6) is 3.66. The molecule has 2 aromatic carbocycles. The highest BCUT2D eigenvalue weighted by atomic mass is 32.2. The Morgan fingerprint density at radius 2 is 2.00 bits per heavy atom. The first kappa shape index (κ1) is 21.5. The van der Waals surface area contributed by atoms with Gasteiger partial charge in [-0.2, -0.15) is 0 Å². The van der Waals surface area contributed by atoms with Crippen LogP contribution in [0.2, 0.25) is 0 Å². The lowest BCUT2D eigenvalue weighted by Crippen LogP contribution is -2.31. The number of amides is 1. The molecule has 2 heterocycles. The molecule has 8 heteroatoms. The number of nitrogens with one attached hydrogen (secondary N) is 2. The van der Waals surface area contributed by atoms with Crippen molar-refractivity contribution in [3.05, 3.63) is 75.6 Å². The number of ether oxygens (including phenoxy) is 2. The van der Waals surface area contributed by atoms with Gasteiger partial charge in [-0.3, -0.25) is 9.59 Å². The Morgan fingerprint density at radius 3 is 2.75 bits per heavy atom. The average Bonchev–Trinajstić information content (AvgIpc) is 2.81. The van der Waals surface area contributed by atoms with E-state index in [1.165, 1.54) is 18.9 Å². The van der Waals surface area contributed by atoms with E-state index in [1.54, 1.807) is 18.2 Å². The van der Waals surface area contributed by atoms with Crippen LogP contribution in [-0.2, 0) is 10.5 Å². The van der Waals surface area contributed by atoms with E-state index < -0.39 is 5.92 Å². The van der Waals surface area contributed by atoms with E-state index >= 15 is 0 Å². The number of benzene rings is 2. The molecule has 1 amide bonds. The lowest BCUT2D eigenvalue weighted by Gasteiger charge is -2.25. The Bertz CT molecular complexity index is 1230. The highest BCUT2D eigenvalue weighted by molar-refractivity contribution is 7.98. The number of terminal acetylenes is 1. The number of carbonyl (C=O) groups is 1. The van der Waals surface area contributed by atoms with Crippen molar-refractivity contribution in [1.29, 1.82) is 0 Å². The van der Waals surface area contributed by atoms with Crippen LogP contribution >= 0.6 is 11.8 Å². The van der Waals surface area contributed by atoms with Gasteiger partial charge < -0.3 is 19.8 Å². The number of hydrogen-bond acceptors (Lipinski definition) is 6. The average molecular weight is 448 g/mol. The highest BCUT2D eigenvalue weighted by Crippen LogP contribution is 2.38. The van der Waals surface area contributed by atoms with Gasteiger partial charge in [-0.1, -0.05) is 54.1 Å². The fourth-order valence-corrected chi connectivity index (χ4v) is 4.39. The molecule has 0 radical (unpaired) electrons. The van der Waals surface area contributed by atoms with Crippen molar-refractivity contribution in [3.8, 4) is 23.8 Å². The number of fused-ring (bicyclic) bond motifs is 1. The van der Waals surface area contributed by atoms with Gasteiger partial charge in [0, 0.05) is 18.1 Å². The van der Waals surface area contributed by atoms with Gasteiger partial charge in [-0.15, -0.1) is 6.42 Å². The van der Waals surface area contributed by atoms with Crippen LogP contribution in [0, 0.1) is 12.3 Å². The molecular weight excluding hydrogens is 426 g/mol. The molecule has 0 saturated carbocycles. The maximum atomic E-state index is 13.0. The second-order valence-corrected chi connectivity index (χ2v) is 8.08. The summed E-state index contributed by atoms with van der Waals surface area (Å²) in [4.78, 5) is 32.8. The zero-order valence-corrected chi connectivity index (χ0v) is 18.2. The van der Waals surface area contributed by atoms with Crippen LogP contribution in [0.1, 0.15) is 29.0 Å². The number of aromatic amines is 1. The van der Waals surface area contributed by atoms with Crippen molar-refractivity contribution in [2.24, 2.45) is 0 Å². The molecule has 0 fully saturated rings. The van der Waals surface area contributed by atoms with Gasteiger partial charge in [0.2, 0.25) is 5.91 Å². The first-order valence-electron chi connectivity index (χ1n) is 9.94. The topological polar surface area (TPSA) is 93.3 Å². The van der Waals surface area contributed by atoms with Crippen LogP contribution in [-0.4, -0.2) is 29.6 Å². The van der Waals surface area contributed by atoms with Crippen molar-refractivity contribution in [2.75, 3.05) is 19.0 Å². The smallest absolute Gasteiger partial charge is 0.257 e. The summed E-state index contributed by atoms with van der Waals surface area (Å²) < 4.78 is 10.9. The van der Waals surface area contributed by atoms with Crippen molar-refractivity contribution in [2.45, 2.75) is 23.2 Å². The second kappa shape index (κ2) is 9.62. The normalized spacial score (nSPS) is 14.8. The number of H-pyrrole nitrogens is 1. The van der Waals surface area contributed by atoms with Crippen LogP contribution in [0.4, 0.5) is 5.82 Å². The Morgan fingerprint density at radius 1 is 1.19 bits per heavy atom. The third-order valence-corrected chi connectivity index (χ3v) is 5.99. The molecule has 2 N–H and O–H groups in total. The van der Waals surface area contributed by atoms with Gasteiger partial charge in [0.1, 0.15) is 12.4 Å². The summed E-state index contributed by atoms with van der Waals surface area (Å²) >= 11 is 1.40. The molecule has 32 heavy (non-hydrogen) atoms.